The molecule has 0 radical (unpaired) electrons. The summed E-state index contributed by atoms with van der Waals surface area (Å²) in [6.07, 6.45) is 2.31. The van der Waals surface area contributed by atoms with Crippen molar-refractivity contribution in [2.24, 2.45) is 5.92 Å². The van der Waals surface area contributed by atoms with E-state index in [0.717, 1.165) is 31.6 Å². The molecule has 3 rings (SSSR count). The van der Waals surface area contributed by atoms with Crippen molar-refractivity contribution in [3.05, 3.63) is 45.9 Å². The zero-order valence-electron chi connectivity index (χ0n) is 14.2. The number of thiazole rings is 1. The molecule has 1 fully saturated rings. The van der Waals surface area contributed by atoms with Crippen molar-refractivity contribution < 1.29 is 5.11 Å². The molecule has 0 amide bonds. The molecule has 1 atom stereocenters. The summed E-state index contributed by atoms with van der Waals surface area (Å²) in [4.78, 5) is 4.98. The fraction of sp³-hybridized carbons (Fsp3) is 0.526. The van der Waals surface area contributed by atoms with Crippen molar-refractivity contribution >= 4 is 11.3 Å². The summed E-state index contributed by atoms with van der Waals surface area (Å²) in [5.41, 5.74) is 2.43. The second-order valence-corrected chi connectivity index (χ2v) is 8.37. The van der Waals surface area contributed by atoms with Crippen LogP contribution >= 0.6 is 11.3 Å². The maximum absolute atomic E-state index is 9.91. The Bertz CT molecular complexity index is 653. The zero-order valence-corrected chi connectivity index (χ0v) is 15.0. The fourth-order valence-corrected chi connectivity index (χ4v) is 4.55. The van der Waals surface area contributed by atoms with Gasteiger partial charge in [0.05, 0.1) is 5.69 Å². The van der Waals surface area contributed by atoms with Gasteiger partial charge in [0, 0.05) is 16.7 Å². The number of phenolic OH excluding ortho intramolecular Hbond substituents is 1. The third-order valence-corrected chi connectivity index (χ3v) is 5.57. The van der Waals surface area contributed by atoms with Gasteiger partial charge in [-0.25, -0.2) is 4.98 Å². The molecule has 0 spiro atoms. The summed E-state index contributed by atoms with van der Waals surface area (Å²) >= 11 is 1.77. The third kappa shape index (κ3) is 3.75. The van der Waals surface area contributed by atoms with E-state index in [1.54, 1.807) is 17.4 Å². The van der Waals surface area contributed by atoms with E-state index >= 15 is 0 Å². The minimum atomic E-state index is 0.0756. The van der Waals surface area contributed by atoms with Gasteiger partial charge < -0.3 is 10.4 Å². The molecule has 0 aliphatic carbocycles. The van der Waals surface area contributed by atoms with Gasteiger partial charge in [-0.3, -0.25) is 0 Å². The second kappa shape index (κ2) is 6.62. The molecule has 1 aromatic carbocycles. The van der Waals surface area contributed by atoms with Crippen molar-refractivity contribution in [2.75, 3.05) is 13.1 Å². The van der Waals surface area contributed by atoms with E-state index in [9.17, 15) is 5.11 Å². The average Bonchev–Trinajstić information content (AvgIpc) is 2.98. The Labute approximate surface area is 142 Å². The lowest BCUT2D eigenvalue weighted by molar-refractivity contribution is 0.340. The van der Waals surface area contributed by atoms with Crippen LogP contribution in [0.4, 0.5) is 0 Å². The number of rotatable bonds is 3. The number of hydrogen-bond acceptors (Lipinski definition) is 4. The van der Waals surface area contributed by atoms with Gasteiger partial charge >= 0.3 is 0 Å². The zero-order chi connectivity index (χ0) is 16.4. The van der Waals surface area contributed by atoms with Crippen molar-refractivity contribution in [2.45, 2.75) is 44.9 Å². The van der Waals surface area contributed by atoms with Gasteiger partial charge in [-0.05, 0) is 49.5 Å². The molecule has 3 nitrogen and oxygen atoms in total. The maximum atomic E-state index is 9.91. The Balaban J connectivity index is 1.99. The number of benzene rings is 1. The average molecular weight is 330 g/mol. The summed E-state index contributed by atoms with van der Waals surface area (Å²) in [6.45, 7) is 8.76. The van der Waals surface area contributed by atoms with Crippen LogP contribution in [0, 0.1) is 5.92 Å². The molecule has 1 aliphatic heterocycles. The Morgan fingerprint density at radius 1 is 1.26 bits per heavy atom. The van der Waals surface area contributed by atoms with E-state index in [0.29, 0.717) is 11.7 Å². The number of phenols is 1. The molecule has 1 aromatic heterocycles. The van der Waals surface area contributed by atoms with Gasteiger partial charge in [-0.15, -0.1) is 11.3 Å². The lowest BCUT2D eigenvalue weighted by Gasteiger charge is -2.30. The van der Waals surface area contributed by atoms with Crippen molar-refractivity contribution in [3.8, 4) is 5.75 Å². The standard InChI is InChI=1S/C19H26N2OS/c1-19(2,3)16-12-23-18(21-16)17(13-7-9-20-10-8-13)14-5-4-6-15(22)11-14/h4-6,11-13,17,20,22H,7-10H2,1-3H3. The first kappa shape index (κ1) is 16.5. The highest BCUT2D eigenvalue weighted by Gasteiger charge is 2.30. The lowest BCUT2D eigenvalue weighted by atomic mass is 9.80. The predicted molar refractivity (Wildman–Crippen MR) is 96.4 cm³/mol. The van der Waals surface area contributed by atoms with Gasteiger partial charge in [0.2, 0.25) is 0 Å². The normalized spacial score (nSPS) is 18.0. The Morgan fingerprint density at radius 2 is 2.00 bits per heavy atom. The van der Waals surface area contributed by atoms with E-state index < -0.39 is 0 Å². The number of nitrogens with one attached hydrogen (secondary N) is 1. The number of nitrogens with zero attached hydrogens (tertiary/aromatic N) is 1. The minimum absolute atomic E-state index is 0.0756. The predicted octanol–water partition coefficient (Wildman–Crippen LogP) is 4.28. The van der Waals surface area contributed by atoms with Gasteiger partial charge in [0.15, 0.2) is 0 Å². The van der Waals surface area contributed by atoms with E-state index in [1.807, 2.05) is 12.1 Å². The molecule has 0 bridgehead atoms. The lowest BCUT2D eigenvalue weighted by Crippen LogP contribution is -2.31. The van der Waals surface area contributed by atoms with E-state index in [-0.39, 0.29) is 11.3 Å². The van der Waals surface area contributed by atoms with Crippen LogP contribution in [-0.2, 0) is 5.41 Å². The van der Waals surface area contributed by atoms with Gasteiger partial charge in [0.1, 0.15) is 10.8 Å². The SMILES string of the molecule is CC(C)(C)c1csc(C(c2cccc(O)c2)C2CCNCC2)n1. The second-order valence-electron chi connectivity index (χ2n) is 7.48. The smallest absolute Gasteiger partial charge is 0.115 e. The van der Waals surface area contributed by atoms with Crippen LogP contribution in [0.25, 0.3) is 0 Å². The van der Waals surface area contributed by atoms with Crippen LogP contribution in [0.1, 0.15) is 55.8 Å². The van der Waals surface area contributed by atoms with E-state index in [1.165, 1.54) is 10.6 Å². The molecule has 1 saturated heterocycles. The maximum Gasteiger partial charge on any atom is 0.115 e. The summed E-state index contributed by atoms with van der Waals surface area (Å²) in [5.74, 6) is 1.20. The molecular formula is C19H26N2OS. The highest BCUT2D eigenvalue weighted by atomic mass is 32.1. The first-order chi connectivity index (χ1) is 10.9. The molecule has 2 heterocycles. The van der Waals surface area contributed by atoms with Crippen LogP contribution in [0.5, 0.6) is 5.75 Å². The summed E-state index contributed by atoms with van der Waals surface area (Å²) in [6, 6.07) is 7.72. The highest BCUT2D eigenvalue weighted by molar-refractivity contribution is 7.09. The molecule has 2 N–H and O–H groups in total. The number of piperidine rings is 1. The molecule has 23 heavy (non-hydrogen) atoms. The highest BCUT2D eigenvalue weighted by Crippen LogP contribution is 2.40. The van der Waals surface area contributed by atoms with Crippen LogP contribution in [0.15, 0.2) is 29.6 Å². The number of aromatic nitrogens is 1. The first-order valence-electron chi connectivity index (χ1n) is 8.40. The Hall–Kier alpha value is -1.39. The fourth-order valence-electron chi connectivity index (χ4n) is 3.29. The summed E-state index contributed by atoms with van der Waals surface area (Å²) < 4.78 is 0. The third-order valence-electron chi connectivity index (χ3n) is 4.64. The quantitative estimate of drug-likeness (QED) is 0.883. The van der Waals surface area contributed by atoms with Crippen LogP contribution in [0.3, 0.4) is 0 Å². The molecule has 0 saturated carbocycles. The van der Waals surface area contributed by atoms with Gasteiger partial charge in [0.25, 0.3) is 0 Å². The minimum Gasteiger partial charge on any atom is -0.508 e. The van der Waals surface area contributed by atoms with E-state index in [4.69, 9.17) is 4.98 Å². The number of hydrogen-bond donors (Lipinski definition) is 2. The summed E-state index contributed by atoms with van der Waals surface area (Å²) in [5, 5.41) is 16.7. The molecule has 124 valence electrons. The molecular weight excluding hydrogens is 304 g/mol. The largest absolute Gasteiger partial charge is 0.508 e. The van der Waals surface area contributed by atoms with Crippen molar-refractivity contribution in [1.29, 1.82) is 0 Å². The monoisotopic (exact) mass is 330 g/mol. The molecule has 1 unspecified atom stereocenters. The molecule has 4 heteroatoms. The van der Waals surface area contributed by atoms with Crippen LogP contribution < -0.4 is 5.32 Å². The van der Waals surface area contributed by atoms with E-state index in [2.05, 4.69) is 37.5 Å². The Kier molecular flexibility index (Phi) is 4.74. The molecule has 2 aromatic rings. The first-order valence-corrected chi connectivity index (χ1v) is 9.28. The van der Waals surface area contributed by atoms with Crippen molar-refractivity contribution in [1.82, 2.24) is 10.3 Å². The van der Waals surface area contributed by atoms with Crippen LogP contribution in [0.2, 0.25) is 0 Å². The van der Waals surface area contributed by atoms with Crippen LogP contribution in [-0.4, -0.2) is 23.2 Å². The summed E-state index contributed by atoms with van der Waals surface area (Å²) in [7, 11) is 0. The van der Waals surface area contributed by atoms with Gasteiger partial charge in [-0.2, -0.15) is 0 Å². The topological polar surface area (TPSA) is 45.1 Å². The number of aromatic hydroxyl groups is 1. The Morgan fingerprint density at radius 3 is 2.61 bits per heavy atom. The van der Waals surface area contributed by atoms with Crippen molar-refractivity contribution in [3.63, 3.8) is 0 Å². The van der Waals surface area contributed by atoms with Gasteiger partial charge in [-0.1, -0.05) is 32.9 Å². The molecule has 1 aliphatic rings.